The summed E-state index contributed by atoms with van der Waals surface area (Å²) in [5.74, 6) is -2.25. The Balaban J connectivity index is 0. The standard InChI is InChI=1S/C8H6O4.2C3H8O2/c9-7(10)5-2-1-3-6(4-5)8(11)12;2*4-2-1-3-5/h1-4H,(H,9,10)(H,11,12);2*4-5H,1-3H2. The summed E-state index contributed by atoms with van der Waals surface area (Å²) in [6.07, 6.45) is 1.00. The van der Waals surface area contributed by atoms with Crippen LogP contribution in [0.1, 0.15) is 33.6 Å². The average molecular weight is 318 g/mol. The Morgan fingerprint density at radius 3 is 1.23 bits per heavy atom. The number of rotatable bonds is 6. The monoisotopic (exact) mass is 318 g/mol. The molecule has 0 bridgehead atoms. The van der Waals surface area contributed by atoms with E-state index in [4.69, 9.17) is 30.6 Å². The van der Waals surface area contributed by atoms with Crippen molar-refractivity contribution in [2.75, 3.05) is 26.4 Å². The van der Waals surface area contributed by atoms with E-state index in [-0.39, 0.29) is 37.6 Å². The molecule has 0 fully saturated rings. The molecule has 0 heterocycles. The van der Waals surface area contributed by atoms with E-state index in [0.29, 0.717) is 12.8 Å². The molecule has 1 aromatic carbocycles. The molecule has 0 saturated heterocycles. The van der Waals surface area contributed by atoms with Crippen molar-refractivity contribution in [3.05, 3.63) is 35.4 Å². The summed E-state index contributed by atoms with van der Waals surface area (Å²) in [5.41, 5.74) is -0.0372. The Morgan fingerprint density at radius 2 is 1.05 bits per heavy atom. The quantitative estimate of drug-likeness (QED) is 0.421. The summed E-state index contributed by atoms with van der Waals surface area (Å²) >= 11 is 0. The van der Waals surface area contributed by atoms with Gasteiger partial charge in [0.05, 0.1) is 11.1 Å². The fourth-order valence-corrected chi connectivity index (χ4v) is 0.927. The van der Waals surface area contributed by atoms with E-state index in [9.17, 15) is 9.59 Å². The van der Waals surface area contributed by atoms with Gasteiger partial charge in [0.2, 0.25) is 0 Å². The minimum Gasteiger partial charge on any atom is -0.478 e. The van der Waals surface area contributed by atoms with Crippen LogP contribution in [0.15, 0.2) is 24.3 Å². The van der Waals surface area contributed by atoms with Gasteiger partial charge in [0.1, 0.15) is 0 Å². The molecule has 0 radical (unpaired) electrons. The van der Waals surface area contributed by atoms with Gasteiger partial charge in [-0.2, -0.15) is 0 Å². The molecule has 0 unspecified atom stereocenters. The first-order chi connectivity index (χ1) is 10.4. The van der Waals surface area contributed by atoms with Crippen molar-refractivity contribution >= 4 is 11.9 Å². The molecule has 0 saturated carbocycles. The van der Waals surface area contributed by atoms with Crippen molar-refractivity contribution in [1.82, 2.24) is 0 Å². The highest BCUT2D eigenvalue weighted by molar-refractivity contribution is 5.93. The zero-order chi connectivity index (χ0) is 17.4. The highest BCUT2D eigenvalue weighted by Gasteiger charge is 2.06. The van der Waals surface area contributed by atoms with E-state index < -0.39 is 11.9 Å². The van der Waals surface area contributed by atoms with Crippen molar-refractivity contribution < 1.29 is 40.2 Å². The highest BCUT2D eigenvalue weighted by atomic mass is 16.4. The molecular weight excluding hydrogens is 296 g/mol. The van der Waals surface area contributed by atoms with Gasteiger partial charge in [0.25, 0.3) is 0 Å². The lowest BCUT2D eigenvalue weighted by Gasteiger charge is -1.95. The normalized spacial score (nSPS) is 8.91. The van der Waals surface area contributed by atoms with Crippen molar-refractivity contribution in [2.45, 2.75) is 12.8 Å². The van der Waals surface area contributed by atoms with E-state index in [1.54, 1.807) is 0 Å². The van der Waals surface area contributed by atoms with Crippen molar-refractivity contribution in [2.24, 2.45) is 0 Å². The van der Waals surface area contributed by atoms with Gasteiger partial charge in [-0.3, -0.25) is 0 Å². The minimum atomic E-state index is -1.13. The van der Waals surface area contributed by atoms with E-state index in [0.717, 1.165) is 6.07 Å². The molecule has 0 aliphatic carbocycles. The fourth-order valence-electron chi connectivity index (χ4n) is 0.927. The molecule has 0 amide bonds. The first-order valence-electron chi connectivity index (χ1n) is 6.44. The second-order valence-electron chi connectivity index (χ2n) is 3.79. The number of carboxylic acids is 2. The molecule has 1 rings (SSSR count). The van der Waals surface area contributed by atoms with Crippen molar-refractivity contribution in [3.63, 3.8) is 0 Å². The predicted molar refractivity (Wildman–Crippen MR) is 77.9 cm³/mol. The zero-order valence-corrected chi connectivity index (χ0v) is 12.1. The van der Waals surface area contributed by atoms with Crippen LogP contribution in [-0.4, -0.2) is 69.0 Å². The van der Waals surface area contributed by atoms with Gasteiger partial charge in [-0.25, -0.2) is 9.59 Å². The van der Waals surface area contributed by atoms with Gasteiger partial charge in [0, 0.05) is 26.4 Å². The Kier molecular flexibility index (Phi) is 15.6. The molecule has 8 heteroatoms. The van der Waals surface area contributed by atoms with E-state index in [1.807, 2.05) is 0 Å². The molecule has 0 atom stereocenters. The van der Waals surface area contributed by atoms with Crippen LogP contribution in [0.4, 0.5) is 0 Å². The highest BCUT2D eigenvalue weighted by Crippen LogP contribution is 2.04. The number of aromatic carboxylic acids is 2. The second-order valence-corrected chi connectivity index (χ2v) is 3.79. The number of aliphatic hydroxyl groups is 4. The van der Waals surface area contributed by atoms with Gasteiger partial charge >= 0.3 is 11.9 Å². The van der Waals surface area contributed by atoms with Crippen LogP contribution >= 0.6 is 0 Å². The zero-order valence-electron chi connectivity index (χ0n) is 12.1. The lowest BCUT2D eigenvalue weighted by atomic mass is 10.1. The van der Waals surface area contributed by atoms with Crippen LogP contribution in [0.2, 0.25) is 0 Å². The van der Waals surface area contributed by atoms with Crippen molar-refractivity contribution in [3.8, 4) is 0 Å². The van der Waals surface area contributed by atoms with E-state index in [1.165, 1.54) is 18.2 Å². The van der Waals surface area contributed by atoms with Crippen LogP contribution in [0.25, 0.3) is 0 Å². The van der Waals surface area contributed by atoms with Crippen molar-refractivity contribution in [1.29, 1.82) is 0 Å². The molecular formula is C14H22O8. The number of benzene rings is 1. The van der Waals surface area contributed by atoms with Crippen LogP contribution < -0.4 is 0 Å². The molecule has 126 valence electrons. The number of hydrogen-bond acceptors (Lipinski definition) is 6. The third-order valence-electron chi connectivity index (χ3n) is 1.99. The molecule has 0 spiro atoms. The Morgan fingerprint density at radius 1 is 0.727 bits per heavy atom. The molecule has 0 aliphatic rings. The maximum Gasteiger partial charge on any atom is 0.335 e. The van der Waals surface area contributed by atoms with Crippen LogP contribution in [0, 0.1) is 0 Å². The average Bonchev–Trinajstić information content (AvgIpc) is 2.50. The maximum absolute atomic E-state index is 10.4. The minimum absolute atomic E-state index is 0.0186. The lowest BCUT2D eigenvalue weighted by molar-refractivity contribution is 0.0696. The summed E-state index contributed by atoms with van der Waals surface area (Å²) < 4.78 is 0. The largest absolute Gasteiger partial charge is 0.478 e. The number of aliphatic hydroxyl groups excluding tert-OH is 4. The first kappa shape index (κ1) is 22.3. The molecule has 22 heavy (non-hydrogen) atoms. The SMILES string of the molecule is O=C(O)c1cccc(C(=O)O)c1.OCCCO.OCCCO. The molecule has 1 aromatic rings. The Hall–Kier alpha value is -2.00. The fraction of sp³-hybridized carbons (Fsp3) is 0.429. The summed E-state index contributed by atoms with van der Waals surface area (Å²) in [7, 11) is 0. The van der Waals surface area contributed by atoms with E-state index >= 15 is 0 Å². The van der Waals surface area contributed by atoms with Gasteiger partial charge in [-0.15, -0.1) is 0 Å². The van der Waals surface area contributed by atoms with Gasteiger partial charge in [0.15, 0.2) is 0 Å². The smallest absolute Gasteiger partial charge is 0.335 e. The molecule has 0 aromatic heterocycles. The number of carbonyl (C=O) groups is 2. The second kappa shape index (κ2) is 15.4. The third-order valence-corrected chi connectivity index (χ3v) is 1.99. The van der Waals surface area contributed by atoms with Crippen LogP contribution in [0.3, 0.4) is 0 Å². The van der Waals surface area contributed by atoms with Crippen LogP contribution in [-0.2, 0) is 0 Å². The Labute approximate surface area is 127 Å². The maximum atomic E-state index is 10.4. The van der Waals surface area contributed by atoms with Crippen LogP contribution in [0.5, 0.6) is 0 Å². The topological polar surface area (TPSA) is 156 Å². The first-order valence-corrected chi connectivity index (χ1v) is 6.44. The molecule has 0 aliphatic heterocycles. The predicted octanol–water partition coefficient (Wildman–Crippen LogP) is -0.195. The number of hydrogen-bond donors (Lipinski definition) is 6. The van der Waals surface area contributed by atoms with E-state index in [2.05, 4.69) is 0 Å². The summed E-state index contributed by atoms with van der Waals surface area (Å²) in [6, 6.07) is 5.20. The third kappa shape index (κ3) is 13.0. The summed E-state index contributed by atoms with van der Waals surface area (Å²) in [4.78, 5) is 20.8. The van der Waals surface area contributed by atoms with Gasteiger partial charge in [-0.1, -0.05) is 6.07 Å². The molecule has 8 nitrogen and oxygen atoms in total. The molecule has 6 N–H and O–H groups in total. The summed E-state index contributed by atoms with van der Waals surface area (Å²) in [5, 5.41) is 48.6. The van der Waals surface area contributed by atoms with Gasteiger partial charge in [-0.05, 0) is 31.0 Å². The number of carboxylic acid groups (broad SMARTS) is 2. The lowest BCUT2D eigenvalue weighted by Crippen LogP contribution is -2.01. The Bertz CT molecular complexity index is 380. The summed E-state index contributed by atoms with van der Waals surface area (Å²) in [6.45, 7) is 0.375. The van der Waals surface area contributed by atoms with Gasteiger partial charge < -0.3 is 30.6 Å².